The topological polar surface area (TPSA) is 92.0 Å². The Kier molecular flexibility index (Phi) is 17.7. The molecule has 10 aliphatic carbocycles. The van der Waals surface area contributed by atoms with Gasteiger partial charge in [-0.1, -0.05) is 77.0 Å². The average molecular weight is 1190 g/mol. The molecule has 86 heavy (non-hydrogen) atoms. The van der Waals surface area contributed by atoms with Crippen LogP contribution >= 0.6 is 0 Å². The van der Waals surface area contributed by atoms with E-state index in [-0.39, 0.29) is 0 Å². The van der Waals surface area contributed by atoms with Gasteiger partial charge in [-0.2, -0.15) is 0 Å². The van der Waals surface area contributed by atoms with Crippen molar-refractivity contribution in [1.82, 2.24) is 45.8 Å². The summed E-state index contributed by atoms with van der Waals surface area (Å²) in [6.07, 6.45) is 61.7. The molecule has 23 atom stereocenters. The molecule has 0 aromatic carbocycles. The maximum atomic E-state index is 7.20. The largest absolute Gasteiger partial charge is 0.372 e. The number of nitrogens with zero attached hydrogens (tertiary/aromatic N) is 5. The summed E-state index contributed by atoms with van der Waals surface area (Å²) in [5.74, 6) is 6.11. The first-order valence-corrected chi connectivity index (χ1v) is 39.2. The Hall–Kier alpha value is -0.480. The van der Waals surface area contributed by atoms with Crippen LogP contribution in [0.25, 0.3) is 0 Å². The summed E-state index contributed by atoms with van der Waals surface area (Å²) in [4.78, 5) is 15.7. The lowest BCUT2D eigenvalue weighted by Crippen LogP contribution is -2.66. The van der Waals surface area contributed by atoms with E-state index in [1.54, 1.807) is 0 Å². The van der Waals surface area contributed by atoms with Gasteiger partial charge in [-0.3, -0.25) is 35.1 Å². The summed E-state index contributed by atoms with van der Waals surface area (Å²) in [6.45, 7) is 2.34. The first-order valence-electron chi connectivity index (χ1n) is 39.2. The molecule has 7 aliphatic heterocycles. The van der Waals surface area contributed by atoms with E-state index in [9.17, 15) is 0 Å². The van der Waals surface area contributed by atoms with E-state index in [4.69, 9.17) is 14.2 Å². The van der Waals surface area contributed by atoms with E-state index in [1.807, 2.05) is 0 Å². The molecule has 0 spiro atoms. The number of rotatable bonds is 8. The van der Waals surface area contributed by atoms with Crippen LogP contribution in [0.4, 0.5) is 0 Å². The maximum absolute atomic E-state index is 7.20. The zero-order valence-electron chi connectivity index (χ0n) is 54.6. The third kappa shape index (κ3) is 10.8. The van der Waals surface area contributed by atoms with Gasteiger partial charge in [0.15, 0.2) is 0 Å². The fourth-order valence-corrected chi connectivity index (χ4v) is 26.7. The van der Waals surface area contributed by atoms with Crippen LogP contribution in [-0.2, 0) is 14.2 Å². The molecular formula is C74H125N9O3. The SMILES string of the molecule is CN1C2NCCCC2NC1C1CC(C2CCC(N3C4CCCCC4OC4CCCCC43)CC2)C(C2CCC(N3C4CCCCC4OC4CCCCC43)CC2)C(C2CCC(N3C4CCCCC4OC4CCCCC43)CC2)C1C1NC2CCCNC2N1C. The van der Waals surface area contributed by atoms with Gasteiger partial charge in [-0.25, -0.2) is 0 Å². The summed E-state index contributed by atoms with van der Waals surface area (Å²) in [5.41, 5.74) is 0. The first-order chi connectivity index (χ1) is 42.5. The lowest BCUT2D eigenvalue weighted by Gasteiger charge is -2.62. The molecule has 0 aromatic heterocycles. The van der Waals surface area contributed by atoms with Crippen LogP contribution in [0.1, 0.15) is 263 Å². The van der Waals surface area contributed by atoms with Crippen LogP contribution in [0.3, 0.4) is 0 Å². The third-order valence-corrected chi connectivity index (χ3v) is 30.1. The molecule has 7 heterocycles. The highest BCUT2D eigenvalue weighted by molar-refractivity contribution is 5.14. The number of likely N-dealkylation sites (N-methyl/N-ethyl adjacent to an activating group) is 2. The molecule has 4 N–H and O–H groups in total. The van der Waals surface area contributed by atoms with Crippen LogP contribution < -0.4 is 21.3 Å². The van der Waals surface area contributed by atoms with Crippen molar-refractivity contribution in [2.24, 2.45) is 47.3 Å². The molecule has 17 rings (SSSR count). The molecule has 0 aromatic rings. The number of piperidine rings is 2. The van der Waals surface area contributed by atoms with E-state index in [1.165, 1.54) is 276 Å². The minimum Gasteiger partial charge on any atom is -0.372 e. The Morgan fingerprint density at radius 3 is 0.977 bits per heavy atom. The lowest BCUT2D eigenvalue weighted by molar-refractivity contribution is -0.195. The van der Waals surface area contributed by atoms with Gasteiger partial charge in [0.1, 0.15) is 0 Å². The summed E-state index contributed by atoms with van der Waals surface area (Å²) in [5, 5.41) is 17.6. The van der Waals surface area contributed by atoms with Crippen molar-refractivity contribution < 1.29 is 14.2 Å². The number of hydrogen-bond acceptors (Lipinski definition) is 12. The highest BCUT2D eigenvalue weighted by Gasteiger charge is 2.62. The maximum Gasteiger partial charge on any atom is 0.0765 e. The molecule has 0 amide bonds. The zero-order valence-corrected chi connectivity index (χ0v) is 54.6. The molecule has 23 unspecified atom stereocenters. The van der Waals surface area contributed by atoms with Gasteiger partial charge in [0.2, 0.25) is 0 Å². The summed E-state index contributed by atoms with van der Waals surface area (Å²) in [7, 11) is 5.18. The van der Waals surface area contributed by atoms with Crippen LogP contribution in [0.5, 0.6) is 0 Å². The zero-order chi connectivity index (χ0) is 57.0. The fraction of sp³-hybridized carbons (Fsp3) is 1.00. The van der Waals surface area contributed by atoms with E-state index in [2.05, 4.69) is 59.9 Å². The summed E-state index contributed by atoms with van der Waals surface area (Å²) >= 11 is 0. The van der Waals surface area contributed by atoms with Crippen molar-refractivity contribution in [3.8, 4) is 0 Å². The highest BCUT2D eigenvalue weighted by Crippen LogP contribution is 2.62. The molecule has 10 saturated carbocycles. The van der Waals surface area contributed by atoms with Gasteiger partial charge >= 0.3 is 0 Å². The van der Waals surface area contributed by atoms with Crippen molar-refractivity contribution in [2.45, 2.75) is 391 Å². The van der Waals surface area contributed by atoms with E-state index < -0.39 is 0 Å². The normalized spacial score (nSPS) is 53.6. The van der Waals surface area contributed by atoms with Gasteiger partial charge in [0.25, 0.3) is 0 Å². The Morgan fingerprint density at radius 2 is 0.605 bits per heavy atom. The average Bonchev–Trinajstić information content (AvgIpc) is 1.96. The minimum absolute atomic E-state index is 0.419. The van der Waals surface area contributed by atoms with Crippen LogP contribution in [0, 0.1) is 47.3 Å². The van der Waals surface area contributed by atoms with Crippen molar-refractivity contribution in [1.29, 1.82) is 0 Å². The van der Waals surface area contributed by atoms with Crippen LogP contribution in [0.2, 0.25) is 0 Å². The Balaban J connectivity index is 0.740. The standard InChI is InChI=1S/C74H125N9O3/c1-79-71(77-54-17-15-43-75-72(54)79)53-45-52(46-31-37-49(38-32-46)81-56-19-3-9-25-62(56)84-63-26-10-4-20-57(63)81)68(47-33-39-50(40-34-47)82-58-21-5-11-27-64(58)85-65-28-12-6-22-59(65)82)69(70(53)74-78-55-18-16-44-76-73(55)80(74)2)48-35-41-51(42-36-48)83-60-23-7-13-29-66(60)86-67-30-14-8-24-61(67)83/h46-78H,3-45H2,1-2H3. The Morgan fingerprint density at radius 1 is 0.279 bits per heavy atom. The van der Waals surface area contributed by atoms with Crippen LogP contribution in [-0.4, -0.2) is 179 Å². The summed E-state index contributed by atoms with van der Waals surface area (Å²) in [6, 6.07) is 7.39. The highest BCUT2D eigenvalue weighted by atomic mass is 16.5. The fourth-order valence-electron chi connectivity index (χ4n) is 26.7. The van der Waals surface area contributed by atoms with E-state index >= 15 is 0 Å². The van der Waals surface area contributed by atoms with E-state index in [0.29, 0.717) is 121 Å². The molecule has 7 saturated heterocycles. The Bertz CT molecular complexity index is 2170. The van der Waals surface area contributed by atoms with Crippen molar-refractivity contribution in [2.75, 3.05) is 27.2 Å². The predicted octanol–water partition coefficient (Wildman–Crippen LogP) is 11.9. The molecular weight excluding hydrogens is 1060 g/mol. The first kappa shape index (κ1) is 59.3. The summed E-state index contributed by atoms with van der Waals surface area (Å²) < 4.78 is 21.6. The second kappa shape index (κ2) is 25.7. The quantitative estimate of drug-likeness (QED) is 0.187. The van der Waals surface area contributed by atoms with Crippen molar-refractivity contribution in [3.63, 3.8) is 0 Å². The second-order valence-electron chi connectivity index (χ2n) is 33.9. The van der Waals surface area contributed by atoms with Gasteiger partial charge in [0.05, 0.1) is 61.3 Å². The molecule has 12 heteroatoms. The van der Waals surface area contributed by atoms with Gasteiger partial charge in [-0.15, -0.1) is 0 Å². The smallest absolute Gasteiger partial charge is 0.0765 e. The minimum atomic E-state index is 0.419. The van der Waals surface area contributed by atoms with Crippen molar-refractivity contribution in [3.05, 3.63) is 0 Å². The van der Waals surface area contributed by atoms with Crippen LogP contribution in [0.15, 0.2) is 0 Å². The number of ether oxygens (including phenoxy) is 3. The number of fused-ring (bicyclic) bond motifs is 8. The Labute approximate surface area is 523 Å². The second-order valence-corrected chi connectivity index (χ2v) is 33.9. The lowest BCUT2D eigenvalue weighted by atomic mass is 9.48. The number of hydrogen-bond donors (Lipinski definition) is 4. The van der Waals surface area contributed by atoms with Crippen molar-refractivity contribution >= 4 is 0 Å². The monoisotopic (exact) mass is 1190 g/mol. The molecule has 484 valence electrons. The molecule has 17 aliphatic rings. The molecule has 17 fully saturated rings. The van der Waals surface area contributed by atoms with E-state index in [0.717, 1.165) is 53.6 Å². The molecule has 0 bridgehead atoms. The van der Waals surface area contributed by atoms with Gasteiger partial charge < -0.3 is 24.8 Å². The molecule has 12 nitrogen and oxygen atoms in total. The van der Waals surface area contributed by atoms with Gasteiger partial charge in [-0.05, 0) is 261 Å². The number of morpholine rings is 3. The predicted molar refractivity (Wildman–Crippen MR) is 343 cm³/mol. The van der Waals surface area contributed by atoms with Gasteiger partial charge in [0, 0.05) is 66.5 Å². The third-order valence-electron chi connectivity index (χ3n) is 30.1. The number of nitrogens with one attached hydrogen (secondary N) is 4. The molecule has 0 radical (unpaired) electrons.